The van der Waals surface area contributed by atoms with Gasteiger partial charge in [0, 0.05) is 25.4 Å². The molecule has 3 nitrogen and oxygen atoms in total. The maximum Gasteiger partial charge on any atom is 0.256 e. The molecule has 0 aliphatic carbocycles. The molecule has 1 atom stereocenters. The van der Waals surface area contributed by atoms with Crippen molar-refractivity contribution in [2.75, 3.05) is 13.1 Å². The number of halogens is 2. The number of nitrogens with zero attached hydrogens (tertiary/aromatic N) is 1. The number of likely N-dealkylation sites (tertiary alicyclic amines) is 1. The molecule has 0 bridgehead atoms. The van der Waals surface area contributed by atoms with Crippen LogP contribution in [0.15, 0.2) is 18.2 Å². The molecule has 18 heavy (non-hydrogen) atoms. The first-order valence-electron chi connectivity index (χ1n) is 5.76. The average molecular weight is 253 g/mol. The number of ketones is 1. The topological polar surface area (TPSA) is 37.4 Å². The van der Waals surface area contributed by atoms with Crippen molar-refractivity contribution in [3.63, 3.8) is 0 Å². The highest BCUT2D eigenvalue weighted by atomic mass is 19.1. The van der Waals surface area contributed by atoms with E-state index in [1.165, 1.54) is 4.90 Å². The van der Waals surface area contributed by atoms with Gasteiger partial charge in [-0.1, -0.05) is 6.92 Å². The summed E-state index contributed by atoms with van der Waals surface area (Å²) in [5.74, 6) is -2.11. The Morgan fingerprint density at radius 3 is 2.78 bits per heavy atom. The quantitative estimate of drug-likeness (QED) is 0.767. The second-order valence-corrected chi connectivity index (χ2v) is 4.49. The van der Waals surface area contributed by atoms with Crippen LogP contribution in [0.25, 0.3) is 0 Å². The molecule has 1 unspecified atom stereocenters. The van der Waals surface area contributed by atoms with E-state index in [0.29, 0.717) is 0 Å². The van der Waals surface area contributed by atoms with Gasteiger partial charge in [0.1, 0.15) is 17.4 Å². The Morgan fingerprint density at radius 2 is 2.11 bits per heavy atom. The summed E-state index contributed by atoms with van der Waals surface area (Å²) in [6.45, 7) is 2.25. The van der Waals surface area contributed by atoms with Crippen LogP contribution in [0.4, 0.5) is 8.78 Å². The van der Waals surface area contributed by atoms with Gasteiger partial charge in [0.2, 0.25) is 0 Å². The maximum atomic E-state index is 13.5. The number of hydrogen-bond acceptors (Lipinski definition) is 2. The maximum absolute atomic E-state index is 13.5. The van der Waals surface area contributed by atoms with E-state index in [1.807, 2.05) is 0 Å². The average Bonchev–Trinajstić information content (AvgIpc) is 2.35. The molecular weight excluding hydrogens is 240 g/mol. The number of carbonyl (C=O) groups excluding carboxylic acids is 2. The van der Waals surface area contributed by atoms with Crippen molar-refractivity contribution in [2.24, 2.45) is 5.92 Å². The summed E-state index contributed by atoms with van der Waals surface area (Å²) in [7, 11) is 0. The Kier molecular flexibility index (Phi) is 3.41. The Morgan fingerprint density at radius 1 is 1.39 bits per heavy atom. The van der Waals surface area contributed by atoms with Crippen LogP contribution in [0.2, 0.25) is 0 Å². The molecular formula is C13H13F2NO2. The molecule has 1 aromatic rings. The standard InChI is InChI=1S/C13H13F2NO2/c1-8-7-16(5-4-12(8)17)13(18)10-6-9(14)2-3-11(10)15/h2-3,6,8H,4-5,7H2,1H3. The smallest absolute Gasteiger partial charge is 0.256 e. The van der Waals surface area contributed by atoms with Crippen molar-refractivity contribution in [3.8, 4) is 0 Å². The van der Waals surface area contributed by atoms with E-state index in [2.05, 4.69) is 0 Å². The zero-order valence-corrected chi connectivity index (χ0v) is 9.95. The molecule has 1 amide bonds. The first kappa shape index (κ1) is 12.7. The SMILES string of the molecule is CC1CN(C(=O)c2cc(F)ccc2F)CCC1=O. The van der Waals surface area contributed by atoms with E-state index in [4.69, 9.17) is 0 Å². The van der Waals surface area contributed by atoms with Crippen molar-refractivity contribution >= 4 is 11.7 Å². The summed E-state index contributed by atoms with van der Waals surface area (Å²) in [5.41, 5.74) is -0.281. The van der Waals surface area contributed by atoms with E-state index >= 15 is 0 Å². The van der Waals surface area contributed by atoms with E-state index in [1.54, 1.807) is 6.92 Å². The first-order chi connectivity index (χ1) is 8.49. The van der Waals surface area contributed by atoms with Crippen LogP contribution in [-0.2, 0) is 4.79 Å². The third-order valence-corrected chi connectivity index (χ3v) is 3.12. The summed E-state index contributed by atoms with van der Waals surface area (Å²) < 4.78 is 26.5. The van der Waals surface area contributed by atoms with Gasteiger partial charge in [0.05, 0.1) is 5.56 Å². The van der Waals surface area contributed by atoms with Crippen LogP contribution in [0.5, 0.6) is 0 Å². The lowest BCUT2D eigenvalue weighted by Gasteiger charge is -2.30. The number of Topliss-reactive ketones (excluding diaryl/α,β-unsaturated/α-hetero) is 1. The number of benzene rings is 1. The van der Waals surface area contributed by atoms with Crippen LogP contribution in [0.3, 0.4) is 0 Å². The highest BCUT2D eigenvalue weighted by Crippen LogP contribution is 2.18. The van der Waals surface area contributed by atoms with Gasteiger partial charge in [-0.25, -0.2) is 8.78 Å². The lowest BCUT2D eigenvalue weighted by atomic mass is 9.98. The highest BCUT2D eigenvalue weighted by Gasteiger charge is 2.28. The van der Waals surface area contributed by atoms with Crippen LogP contribution >= 0.6 is 0 Å². The molecule has 0 spiro atoms. The molecule has 0 radical (unpaired) electrons. The predicted molar refractivity (Wildman–Crippen MR) is 61.0 cm³/mol. The van der Waals surface area contributed by atoms with E-state index in [0.717, 1.165) is 18.2 Å². The molecule has 0 N–H and O–H groups in total. The van der Waals surface area contributed by atoms with E-state index in [9.17, 15) is 18.4 Å². The van der Waals surface area contributed by atoms with Crippen molar-refractivity contribution in [3.05, 3.63) is 35.4 Å². The lowest BCUT2D eigenvalue weighted by molar-refractivity contribution is -0.124. The number of amides is 1. The van der Waals surface area contributed by atoms with Gasteiger partial charge in [-0.3, -0.25) is 9.59 Å². The molecule has 96 valence electrons. The van der Waals surface area contributed by atoms with Crippen LogP contribution in [0, 0.1) is 17.6 Å². The number of carbonyl (C=O) groups is 2. The van der Waals surface area contributed by atoms with Crippen molar-refractivity contribution in [1.29, 1.82) is 0 Å². The minimum atomic E-state index is -0.744. The normalized spacial score (nSPS) is 20.1. The van der Waals surface area contributed by atoms with Crippen LogP contribution in [-0.4, -0.2) is 29.7 Å². The minimum Gasteiger partial charge on any atom is -0.337 e. The fourth-order valence-corrected chi connectivity index (χ4v) is 2.03. The Hall–Kier alpha value is -1.78. The van der Waals surface area contributed by atoms with Gasteiger partial charge < -0.3 is 4.90 Å². The van der Waals surface area contributed by atoms with Gasteiger partial charge >= 0.3 is 0 Å². The molecule has 1 fully saturated rings. The summed E-state index contributed by atoms with van der Waals surface area (Å²) in [6.07, 6.45) is 0.268. The third-order valence-electron chi connectivity index (χ3n) is 3.12. The second kappa shape index (κ2) is 4.84. The Bertz CT molecular complexity index is 502. The molecule has 1 aromatic carbocycles. The van der Waals surface area contributed by atoms with Crippen molar-refractivity contribution < 1.29 is 18.4 Å². The number of hydrogen-bond donors (Lipinski definition) is 0. The van der Waals surface area contributed by atoms with Gasteiger partial charge in [-0.15, -0.1) is 0 Å². The van der Waals surface area contributed by atoms with Crippen LogP contribution in [0.1, 0.15) is 23.7 Å². The molecule has 0 saturated carbocycles. The molecule has 0 aromatic heterocycles. The zero-order valence-electron chi connectivity index (χ0n) is 9.95. The fourth-order valence-electron chi connectivity index (χ4n) is 2.03. The molecule has 1 saturated heterocycles. The second-order valence-electron chi connectivity index (χ2n) is 4.49. The summed E-state index contributed by atoms with van der Waals surface area (Å²) in [5, 5.41) is 0. The largest absolute Gasteiger partial charge is 0.337 e. The zero-order chi connectivity index (χ0) is 13.3. The minimum absolute atomic E-state index is 0.0961. The summed E-state index contributed by atoms with van der Waals surface area (Å²) in [4.78, 5) is 24.8. The lowest BCUT2D eigenvalue weighted by Crippen LogP contribution is -2.43. The molecule has 2 rings (SSSR count). The molecule has 1 aliphatic rings. The van der Waals surface area contributed by atoms with Gasteiger partial charge in [0.25, 0.3) is 5.91 Å². The van der Waals surface area contributed by atoms with Crippen molar-refractivity contribution in [2.45, 2.75) is 13.3 Å². The fraction of sp³-hybridized carbons (Fsp3) is 0.385. The number of piperidine rings is 1. The number of rotatable bonds is 1. The van der Waals surface area contributed by atoms with Crippen molar-refractivity contribution in [1.82, 2.24) is 4.90 Å². The van der Waals surface area contributed by atoms with Gasteiger partial charge in [-0.2, -0.15) is 0 Å². The van der Waals surface area contributed by atoms with Crippen LogP contribution < -0.4 is 0 Å². The van der Waals surface area contributed by atoms with E-state index in [-0.39, 0.29) is 36.8 Å². The molecule has 1 aliphatic heterocycles. The highest BCUT2D eigenvalue weighted by molar-refractivity contribution is 5.96. The molecule has 1 heterocycles. The third kappa shape index (κ3) is 2.39. The Labute approximate surface area is 103 Å². The predicted octanol–water partition coefficient (Wildman–Crippen LogP) is 2.02. The molecule has 5 heteroatoms. The monoisotopic (exact) mass is 253 g/mol. The van der Waals surface area contributed by atoms with Gasteiger partial charge in [-0.05, 0) is 18.2 Å². The summed E-state index contributed by atoms with van der Waals surface area (Å²) >= 11 is 0. The summed E-state index contributed by atoms with van der Waals surface area (Å²) in [6, 6.07) is 2.79. The van der Waals surface area contributed by atoms with E-state index < -0.39 is 17.5 Å². The first-order valence-corrected chi connectivity index (χ1v) is 5.76. The Balaban J connectivity index is 2.21. The van der Waals surface area contributed by atoms with Gasteiger partial charge in [0.15, 0.2) is 0 Å².